The van der Waals surface area contributed by atoms with Crippen LogP contribution >= 0.6 is 0 Å². The molecule has 0 saturated carbocycles. The van der Waals surface area contributed by atoms with Crippen molar-refractivity contribution in [3.05, 3.63) is 48.1 Å². The Labute approximate surface area is 167 Å². The zero-order valence-corrected chi connectivity index (χ0v) is 16.4. The zero-order chi connectivity index (χ0) is 20.4. The van der Waals surface area contributed by atoms with Crippen molar-refractivity contribution >= 4 is 17.6 Å². The van der Waals surface area contributed by atoms with E-state index in [1.54, 1.807) is 28.8 Å². The van der Waals surface area contributed by atoms with E-state index >= 15 is 0 Å². The highest BCUT2D eigenvalue weighted by Crippen LogP contribution is 2.17. The molecule has 1 aliphatic heterocycles. The van der Waals surface area contributed by atoms with Crippen LogP contribution < -0.4 is 5.32 Å². The van der Waals surface area contributed by atoms with Gasteiger partial charge in [0, 0.05) is 51.7 Å². The summed E-state index contributed by atoms with van der Waals surface area (Å²) in [6.45, 7) is 4.36. The van der Waals surface area contributed by atoms with Gasteiger partial charge in [-0.1, -0.05) is 5.16 Å². The lowest BCUT2D eigenvalue weighted by Crippen LogP contribution is -2.50. The van der Waals surface area contributed by atoms with Gasteiger partial charge >= 0.3 is 0 Å². The minimum Gasteiger partial charge on any atom is -0.360 e. The van der Waals surface area contributed by atoms with Crippen LogP contribution in [0.3, 0.4) is 0 Å². The minimum atomic E-state index is -0.153. The van der Waals surface area contributed by atoms with Crippen LogP contribution in [0.25, 0.3) is 5.82 Å². The number of aromatic nitrogens is 4. The monoisotopic (exact) mass is 397 g/mol. The van der Waals surface area contributed by atoms with E-state index in [0.29, 0.717) is 43.3 Å². The Balaban J connectivity index is 1.34. The fraction of sp³-hybridized carbons (Fsp3) is 0.368. The standard InChI is InChI=1S/C19H23N7O3/c1-14-11-16(22-29-14)21-17(27)13-24-7-9-26(10-8-24)19(28)15-12-20-23(2)18(15)25-5-3-4-6-25/h3-6,11-12H,7-10,13H2,1-2H3,(H,21,22,27). The van der Waals surface area contributed by atoms with Gasteiger partial charge in [0.15, 0.2) is 5.82 Å². The summed E-state index contributed by atoms with van der Waals surface area (Å²) in [4.78, 5) is 29.0. The van der Waals surface area contributed by atoms with E-state index < -0.39 is 0 Å². The Morgan fingerprint density at radius 3 is 2.55 bits per heavy atom. The smallest absolute Gasteiger partial charge is 0.259 e. The summed E-state index contributed by atoms with van der Waals surface area (Å²) in [5.74, 6) is 1.59. The predicted molar refractivity (Wildman–Crippen MR) is 105 cm³/mol. The molecule has 152 valence electrons. The molecule has 4 rings (SSSR count). The molecule has 0 unspecified atom stereocenters. The molecule has 0 spiro atoms. The van der Waals surface area contributed by atoms with Crippen LogP contribution in [0.15, 0.2) is 41.3 Å². The van der Waals surface area contributed by atoms with E-state index in [1.165, 1.54) is 0 Å². The average molecular weight is 397 g/mol. The molecule has 0 bridgehead atoms. The topological polar surface area (TPSA) is 101 Å². The molecule has 0 aromatic carbocycles. The third-order valence-corrected chi connectivity index (χ3v) is 4.91. The summed E-state index contributed by atoms with van der Waals surface area (Å²) < 4.78 is 8.52. The molecule has 29 heavy (non-hydrogen) atoms. The quantitative estimate of drug-likeness (QED) is 0.687. The molecule has 0 radical (unpaired) electrons. The van der Waals surface area contributed by atoms with E-state index in [1.807, 2.05) is 41.0 Å². The summed E-state index contributed by atoms with van der Waals surface area (Å²) >= 11 is 0. The first kappa shape index (κ1) is 18.9. The van der Waals surface area contributed by atoms with E-state index in [-0.39, 0.29) is 18.4 Å². The van der Waals surface area contributed by atoms with Gasteiger partial charge in [-0.2, -0.15) is 5.10 Å². The fourth-order valence-electron chi connectivity index (χ4n) is 3.45. The molecule has 1 fully saturated rings. The Morgan fingerprint density at radius 2 is 1.90 bits per heavy atom. The number of hydrogen-bond donors (Lipinski definition) is 1. The van der Waals surface area contributed by atoms with Crippen LogP contribution in [0.2, 0.25) is 0 Å². The molecule has 1 aliphatic rings. The Morgan fingerprint density at radius 1 is 1.17 bits per heavy atom. The van der Waals surface area contributed by atoms with Gasteiger partial charge in [0.2, 0.25) is 5.91 Å². The van der Waals surface area contributed by atoms with Crippen LogP contribution in [0.4, 0.5) is 5.82 Å². The number of carbonyl (C=O) groups is 2. The molecule has 10 heteroatoms. The molecular formula is C19H23N7O3. The van der Waals surface area contributed by atoms with Gasteiger partial charge < -0.3 is 19.3 Å². The highest BCUT2D eigenvalue weighted by atomic mass is 16.5. The molecular weight excluding hydrogens is 374 g/mol. The van der Waals surface area contributed by atoms with Crippen molar-refractivity contribution in [3.8, 4) is 5.82 Å². The normalized spacial score (nSPS) is 14.9. The third kappa shape index (κ3) is 4.06. The number of rotatable bonds is 5. The number of nitrogens with zero attached hydrogens (tertiary/aromatic N) is 6. The predicted octanol–water partition coefficient (Wildman–Crippen LogP) is 0.904. The molecule has 3 aromatic rings. The summed E-state index contributed by atoms with van der Waals surface area (Å²) in [5.41, 5.74) is 0.566. The second-order valence-corrected chi connectivity index (χ2v) is 7.04. The van der Waals surface area contributed by atoms with E-state index in [0.717, 1.165) is 5.82 Å². The molecule has 3 aromatic heterocycles. The molecule has 10 nitrogen and oxygen atoms in total. The highest BCUT2D eigenvalue weighted by molar-refractivity contribution is 5.97. The number of amides is 2. The maximum atomic E-state index is 13.0. The van der Waals surface area contributed by atoms with Crippen molar-refractivity contribution in [2.75, 3.05) is 38.0 Å². The van der Waals surface area contributed by atoms with Gasteiger partial charge in [-0.05, 0) is 19.1 Å². The van der Waals surface area contributed by atoms with Crippen molar-refractivity contribution in [2.45, 2.75) is 6.92 Å². The fourth-order valence-corrected chi connectivity index (χ4v) is 3.45. The maximum Gasteiger partial charge on any atom is 0.259 e. The Bertz CT molecular complexity index is 997. The van der Waals surface area contributed by atoms with Crippen LogP contribution in [-0.2, 0) is 11.8 Å². The zero-order valence-electron chi connectivity index (χ0n) is 16.4. The SMILES string of the molecule is Cc1cc(NC(=O)CN2CCN(C(=O)c3cnn(C)c3-n3cccc3)CC2)no1. The molecule has 0 aliphatic carbocycles. The molecule has 0 atom stereocenters. The van der Waals surface area contributed by atoms with Crippen molar-refractivity contribution < 1.29 is 14.1 Å². The van der Waals surface area contributed by atoms with Crippen molar-refractivity contribution in [1.29, 1.82) is 0 Å². The number of piperazine rings is 1. The van der Waals surface area contributed by atoms with Gasteiger partial charge in [0.05, 0.1) is 12.7 Å². The van der Waals surface area contributed by atoms with E-state index in [4.69, 9.17) is 4.52 Å². The van der Waals surface area contributed by atoms with Crippen molar-refractivity contribution in [3.63, 3.8) is 0 Å². The minimum absolute atomic E-state index is 0.0519. The van der Waals surface area contributed by atoms with Crippen LogP contribution in [-0.4, -0.2) is 73.8 Å². The number of nitrogens with one attached hydrogen (secondary N) is 1. The summed E-state index contributed by atoms with van der Waals surface area (Å²) in [7, 11) is 1.82. The van der Waals surface area contributed by atoms with Gasteiger partial charge in [0.1, 0.15) is 17.1 Å². The van der Waals surface area contributed by atoms with Gasteiger partial charge in [-0.3, -0.25) is 19.2 Å². The first-order chi connectivity index (χ1) is 14.0. The second-order valence-electron chi connectivity index (χ2n) is 7.04. The second kappa shape index (κ2) is 7.92. The number of carbonyl (C=O) groups excluding carboxylic acids is 2. The lowest BCUT2D eigenvalue weighted by Gasteiger charge is -2.34. The lowest BCUT2D eigenvalue weighted by molar-refractivity contribution is -0.117. The van der Waals surface area contributed by atoms with Crippen LogP contribution in [0.1, 0.15) is 16.1 Å². The van der Waals surface area contributed by atoms with E-state index in [2.05, 4.69) is 15.6 Å². The average Bonchev–Trinajstić information content (AvgIpc) is 3.43. The molecule has 2 amide bonds. The Kier molecular flexibility index (Phi) is 5.17. The van der Waals surface area contributed by atoms with Gasteiger partial charge in [-0.15, -0.1) is 0 Å². The van der Waals surface area contributed by atoms with Gasteiger partial charge in [0.25, 0.3) is 5.91 Å². The summed E-state index contributed by atoms with van der Waals surface area (Å²) in [5, 5.41) is 10.7. The van der Waals surface area contributed by atoms with Crippen LogP contribution in [0.5, 0.6) is 0 Å². The van der Waals surface area contributed by atoms with Crippen molar-refractivity contribution in [1.82, 2.24) is 29.3 Å². The maximum absolute atomic E-state index is 13.0. The summed E-state index contributed by atoms with van der Waals surface area (Å²) in [6, 6.07) is 5.49. The van der Waals surface area contributed by atoms with Gasteiger partial charge in [-0.25, -0.2) is 0 Å². The Hall–Kier alpha value is -3.40. The number of aryl methyl sites for hydroxylation is 2. The summed E-state index contributed by atoms with van der Waals surface area (Å²) in [6.07, 6.45) is 5.39. The highest BCUT2D eigenvalue weighted by Gasteiger charge is 2.27. The number of hydrogen-bond acceptors (Lipinski definition) is 6. The molecule has 1 N–H and O–H groups in total. The molecule has 4 heterocycles. The van der Waals surface area contributed by atoms with Crippen molar-refractivity contribution in [2.24, 2.45) is 7.05 Å². The largest absolute Gasteiger partial charge is 0.360 e. The van der Waals surface area contributed by atoms with E-state index in [9.17, 15) is 9.59 Å². The van der Waals surface area contributed by atoms with Crippen LogP contribution in [0, 0.1) is 6.92 Å². The third-order valence-electron chi connectivity index (χ3n) is 4.91. The molecule has 1 saturated heterocycles. The number of anilines is 1. The lowest BCUT2D eigenvalue weighted by atomic mass is 10.2. The first-order valence-corrected chi connectivity index (χ1v) is 9.41. The first-order valence-electron chi connectivity index (χ1n) is 9.41.